The maximum Gasteiger partial charge on any atom is 0.216 e. The maximum atomic E-state index is 14.9. The van der Waals surface area contributed by atoms with Crippen molar-refractivity contribution < 1.29 is 24.1 Å². The summed E-state index contributed by atoms with van der Waals surface area (Å²) in [4.78, 5) is 30.7. The first-order valence-corrected chi connectivity index (χ1v) is 29.2. The number of aromatic nitrogens is 4. The van der Waals surface area contributed by atoms with E-state index in [4.69, 9.17) is 29.4 Å². The van der Waals surface area contributed by atoms with E-state index in [1.165, 1.54) is 18.4 Å². The molecule has 8 fully saturated rings. The van der Waals surface area contributed by atoms with Crippen molar-refractivity contribution in [2.45, 2.75) is 118 Å². The fraction of sp³-hybridized carbons (Fsp3) is 0.438. The zero-order valence-electron chi connectivity index (χ0n) is 44.6. The molecule has 8 saturated heterocycles. The van der Waals surface area contributed by atoms with Gasteiger partial charge in [0, 0.05) is 105 Å². The van der Waals surface area contributed by atoms with E-state index in [-0.39, 0.29) is 28.6 Å². The number of phenolic OH excluding ortho intramolecular Hbond substituents is 2. The first kappa shape index (κ1) is 48.0. The monoisotopic (exact) mass is 1060 g/mol. The zero-order valence-corrected chi connectivity index (χ0v) is 44.6. The topological polar surface area (TPSA) is 148 Å². The number of ether oxygens (including phenoxy) is 2. The van der Waals surface area contributed by atoms with Gasteiger partial charge in [-0.2, -0.15) is 0 Å². The van der Waals surface area contributed by atoms with E-state index in [0.717, 1.165) is 168 Å². The Kier molecular flexibility index (Phi) is 11.3. The Morgan fingerprint density at radius 1 is 0.582 bits per heavy atom. The van der Waals surface area contributed by atoms with Crippen molar-refractivity contribution in [2.24, 2.45) is 0 Å². The third kappa shape index (κ3) is 8.23. The largest absolute Gasteiger partial charge is 0.508 e. The summed E-state index contributed by atoms with van der Waals surface area (Å²) in [6, 6.07) is 32.5. The lowest BCUT2D eigenvalue weighted by atomic mass is 9.91. The van der Waals surface area contributed by atoms with Crippen LogP contribution in [0.15, 0.2) is 103 Å². The molecule has 0 saturated carbocycles. The van der Waals surface area contributed by atoms with Gasteiger partial charge in [-0.3, -0.25) is 19.8 Å². The van der Waals surface area contributed by atoms with Gasteiger partial charge in [0.05, 0.1) is 33.5 Å². The third-order valence-electron chi connectivity index (χ3n) is 19.8. The summed E-state index contributed by atoms with van der Waals surface area (Å²) in [6.45, 7) is 6.86. The van der Waals surface area contributed by atoms with Crippen LogP contribution in [0.3, 0.4) is 0 Å². The number of nitrogens with one attached hydrogen (secondary N) is 2. The zero-order chi connectivity index (χ0) is 52.6. The number of anilines is 2. The lowest BCUT2D eigenvalue weighted by Crippen LogP contribution is -2.51. The Morgan fingerprint density at radius 3 is 1.84 bits per heavy atom. The number of pyridine rings is 4. The van der Waals surface area contributed by atoms with Gasteiger partial charge < -0.3 is 40.1 Å². The standard InChI is InChI=1S/C64H67FN10O4/c65-41-28-64(16-4-18-74(64)31-41)37-79-60-27-58(73-34-44-12-13-45(35-73)69-44)62-55(71-60)22-40(30-67-62)52-24-47(77)25-53-49(52)8-3-9-50(53)56-14-17-63(15-5-19-75(56)63)36-78-59-26-57(72-32-42-10-11-43(33-72)68-42)61-54(70-59)21-39(29-66-61)51-23-46(76)20-38-6-1-2-7-48(38)51/h1-3,6-9,20-27,29-30,41-45,56,68-69,76-77H,4-5,10-19,28,31-37H2/t41-,42?,43?,44?,45?,56?,63?,64+/m1/s1. The van der Waals surface area contributed by atoms with Crippen molar-refractivity contribution >= 4 is 55.0 Å². The number of alkyl halides is 1. The number of hydrogen-bond donors (Lipinski definition) is 4. The minimum Gasteiger partial charge on any atom is -0.508 e. The van der Waals surface area contributed by atoms with Gasteiger partial charge in [-0.25, -0.2) is 14.4 Å². The number of nitrogens with zero attached hydrogens (tertiary/aromatic N) is 8. The molecule has 4 bridgehead atoms. The van der Waals surface area contributed by atoms with Crippen molar-refractivity contribution in [1.29, 1.82) is 0 Å². The molecule has 14 nitrogen and oxygen atoms in total. The van der Waals surface area contributed by atoms with Gasteiger partial charge in [-0.1, -0.05) is 42.5 Å². The minimum atomic E-state index is -0.829. The number of benzene rings is 4. The second-order valence-electron chi connectivity index (χ2n) is 24.6. The van der Waals surface area contributed by atoms with E-state index in [9.17, 15) is 14.6 Å². The molecular formula is C64H67FN10O4. The first-order chi connectivity index (χ1) is 38.7. The Balaban J connectivity index is 0.717. The van der Waals surface area contributed by atoms with Crippen molar-refractivity contribution in [2.75, 3.05) is 68.8 Å². The number of halogens is 1. The SMILES string of the molecule is Oc1cc(-c2cnc3c(N4CC5CCC(C4)N5)cc(OCC45CCCN4C(c4cccc6c(-c7cnc8c(N9CC%10CCC(C9)N%10)cc(OC[C@@]9%10CCCN9C[C@H](F)C%10)nc8c7)cc(O)cc46)CC5)nc3c2)c2ccccc2c1. The highest BCUT2D eigenvalue weighted by molar-refractivity contribution is 6.02. The van der Waals surface area contributed by atoms with Crippen LogP contribution in [0.4, 0.5) is 15.8 Å². The van der Waals surface area contributed by atoms with E-state index in [2.05, 4.69) is 78.8 Å². The van der Waals surface area contributed by atoms with Crippen molar-refractivity contribution in [3.05, 3.63) is 109 Å². The molecule has 6 unspecified atom stereocenters. The van der Waals surface area contributed by atoms with Crippen LogP contribution in [0, 0.1) is 0 Å². The van der Waals surface area contributed by atoms with Crippen LogP contribution in [0.2, 0.25) is 0 Å². The molecule has 0 spiro atoms. The predicted octanol–water partition coefficient (Wildman–Crippen LogP) is 10.2. The molecular weight excluding hydrogens is 992 g/mol. The minimum absolute atomic E-state index is 0.126. The van der Waals surface area contributed by atoms with Crippen LogP contribution >= 0.6 is 0 Å². The van der Waals surface area contributed by atoms with Gasteiger partial charge >= 0.3 is 0 Å². The Morgan fingerprint density at radius 2 is 1.16 bits per heavy atom. The summed E-state index contributed by atoms with van der Waals surface area (Å²) >= 11 is 0. The smallest absolute Gasteiger partial charge is 0.216 e. The van der Waals surface area contributed by atoms with Gasteiger partial charge in [0.25, 0.3) is 0 Å². The summed E-state index contributed by atoms with van der Waals surface area (Å²) < 4.78 is 28.6. The molecule has 79 heavy (non-hydrogen) atoms. The summed E-state index contributed by atoms with van der Waals surface area (Å²) in [5.74, 6) is 1.57. The molecule has 0 amide bonds. The average Bonchev–Trinajstić information content (AvgIpc) is 4.53. The van der Waals surface area contributed by atoms with E-state index < -0.39 is 6.17 Å². The molecule has 8 aromatic rings. The van der Waals surface area contributed by atoms with Gasteiger partial charge in [-0.05, 0) is 152 Å². The molecule has 0 radical (unpaired) electrons. The predicted molar refractivity (Wildman–Crippen MR) is 307 cm³/mol. The molecule has 4 aromatic heterocycles. The van der Waals surface area contributed by atoms with Gasteiger partial charge in [0.1, 0.15) is 41.9 Å². The molecule has 8 atom stereocenters. The highest BCUT2D eigenvalue weighted by Gasteiger charge is 2.51. The van der Waals surface area contributed by atoms with E-state index in [1.54, 1.807) is 6.07 Å². The first-order valence-electron chi connectivity index (χ1n) is 29.2. The number of fused-ring (bicyclic) bond motifs is 10. The normalized spacial score (nSPS) is 28.5. The molecule has 8 aliphatic rings. The fourth-order valence-corrected chi connectivity index (χ4v) is 16.2. The Labute approximate surface area is 458 Å². The highest BCUT2D eigenvalue weighted by Crippen LogP contribution is 2.52. The molecule has 4 aromatic carbocycles. The summed E-state index contributed by atoms with van der Waals surface area (Å²) in [6.07, 6.45) is 14.2. The second kappa shape index (κ2) is 18.6. The Bertz CT molecular complexity index is 3730. The number of phenols is 2. The number of aromatic hydroxyl groups is 2. The molecule has 16 rings (SSSR count). The van der Waals surface area contributed by atoms with Crippen molar-refractivity contribution in [3.8, 4) is 45.5 Å². The number of piperazine rings is 2. The quantitative estimate of drug-likeness (QED) is 0.0974. The summed E-state index contributed by atoms with van der Waals surface area (Å²) in [5, 5.41) is 34.2. The van der Waals surface area contributed by atoms with E-state index in [0.29, 0.717) is 62.1 Å². The van der Waals surface area contributed by atoms with Crippen LogP contribution in [0.1, 0.15) is 82.2 Å². The molecule has 4 N–H and O–H groups in total. The van der Waals surface area contributed by atoms with Gasteiger partial charge in [0.2, 0.25) is 11.8 Å². The second-order valence-corrected chi connectivity index (χ2v) is 24.6. The molecule has 404 valence electrons. The summed E-state index contributed by atoms with van der Waals surface area (Å²) in [7, 11) is 0. The lowest BCUT2D eigenvalue weighted by Gasteiger charge is -2.36. The maximum absolute atomic E-state index is 14.9. The molecule has 0 aliphatic carbocycles. The van der Waals surface area contributed by atoms with Gasteiger partial charge in [-0.15, -0.1) is 0 Å². The molecule has 15 heteroatoms. The van der Waals surface area contributed by atoms with E-state index in [1.807, 2.05) is 48.8 Å². The van der Waals surface area contributed by atoms with Gasteiger partial charge in [0.15, 0.2) is 0 Å². The highest BCUT2D eigenvalue weighted by atomic mass is 19.1. The molecule has 12 heterocycles. The number of rotatable bonds is 11. The van der Waals surface area contributed by atoms with Crippen LogP contribution < -0.4 is 29.9 Å². The van der Waals surface area contributed by atoms with Crippen molar-refractivity contribution in [3.63, 3.8) is 0 Å². The van der Waals surface area contributed by atoms with Crippen LogP contribution in [0.25, 0.3) is 65.9 Å². The third-order valence-corrected chi connectivity index (χ3v) is 19.8. The van der Waals surface area contributed by atoms with Crippen LogP contribution in [-0.2, 0) is 0 Å². The molecule has 8 aliphatic heterocycles. The van der Waals surface area contributed by atoms with Crippen LogP contribution in [0.5, 0.6) is 23.3 Å². The lowest BCUT2D eigenvalue weighted by molar-refractivity contribution is 0.0874. The Hall–Kier alpha value is -6.91. The fourth-order valence-electron chi connectivity index (χ4n) is 16.2. The van der Waals surface area contributed by atoms with Crippen LogP contribution in [-0.4, -0.2) is 140 Å². The average molecular weight is 1060 g/mol. The van der Waals surface area contributed by atoms with Crippen molar-refractivity contribution in [1.82, 2.24) is 40.4 Å². The van der Waals surface area contributed by atoms with E-state index >= 15 is 0 Å². The summed E-state index contributed by atoms with van der Waals surface area (Å²) in [5.41, 5.74) is 9.60. The number of hydrogen-bond acceptors (Lipinski definition) is 14.